The van der Waals surface area contributed by atoms with E-state index in [4.69, 9.17) is 5.11 Å². The van der Waals surface area contributed by atoms with Gasteiger partial charge in [0.25, 0.3) is 0 Å². The Bertz CT molecular complexity index is 597. The van der Waals surface area contributed by atoms with Crippen molar-refractivity contribution in [1.29, 1.82) is 0 Å². The monoisotopic (exact) mass is 342 g/mol. The summed E-state index contributed by atoms with van der Waals surface area (Å²) >= 11 is 0. The van der Waals surface area contributed by atoms with Crippen molar-refractivity contribution in [3.05, 3.63) is 71.8 Å². The van der Waals surface area contributed by atoms with Crippen LogP contribution in [-0.4, -0.2) is 22.3 Å². The van der Waals surface area contributed by atoms with E-state index in [1.54, 1.807) is 12.1 Å². The van der Waals surface area contributed by atoms with Gasteiger partial charge in [-0.3, -0.25) is 0 Å². The first-order valence-electron chi connectivity index (χ1n) is 8.99. The highest BCUT2D eigenvalue weighted by Gasteiger charge is 2.13. The summed E-state index contributed by atoms with van der Waals surface area (Å²) in [7, 11) is 0. The van der Waals surface area contributed by atoms with Crippen LogP contribution in [0.15, 0.2) is 60.7 Å². The van der Waals surface area contributed by atoms with Crippen LogP contribution >= 0.6 is 0 Å². The Morgan fingerprint density at radius 1 is 1.08 bits per heavy atom. The molecule has 2 atom stereocenters. The summed E-state index contributed by atoms with van der Waals surface area (Å²) in [5, 5.41) is 18.4. The number of aliphatic hydroxyl groups excluding tert-OH is 1. The van der Waals surface area contributed by atoms with Crippen molar-refractivity contribution >= 4 is 5.97 Å². The number of carbonyl (C=O) groups is 1. The van der Waals surface area contributed by atoms with Gasteiger partial charge in [-0.15, -0.1) is 0 Å². The van der Waals surface area contributed by atoms with Gasteiger partial charge in [-0.25, -0.2) is 4.79 Å². The van der Waals surface area contributed by atoms with Crippen molar-refractivity contribution < 1.29 is 15.0 Å². The Labute approximate surface area is 151 Å². The highest BCUT2D eigenvalue weighted by atomic mass is 16.4. The van der Waals surface area contributed by atoms with Crippen LogP contribution in [0.4, 0.5) is 0 Å². The van der Waals surface area contributed by atoms with E-state index >= 15 is 0 Å². The van der Waals surface area contributed by atoms with Crippen LogP contribution in [0.1, 0.15) is 67.8 Å². The van der Waals surface area contributed by atoms with E-state index in [0.29, 0.717) is 5.56 Å². The molecule has 0 aliphatic heterocycles. The zero-order valence-electron chi connectivity index (χ0n) is 15.3. The minimum atomic E-state index is -0.866. The molecule has 0 aliphatic rings. The van der Waals surface area contributed by atoms with E-state index in [2.05, 4.69) is 31.2 Å². The van der Waals surface area contributed by atoms with Gasteiger partial charge < -0.3 is 10.2 Å². The van der Waals surface area contributed by atoms with Crippen molar-refractivity contribution in [2.45, 2.75) is 58.0 Å². The number of benzene rings is 1. The zero-order chi connectivity index (χ0) is 18.5. The van der Waals surface area contributed by atoms with Gasteiger partial charge in [0.15, 0.2) is 0 Å². The average molecular weight is 342 g/mol. The van der Waals surface area contributed by atoms with E-state index in [1.807, 2.05) is 31.2 Å². The second-order valence-corrected chi connectivity index (χ2v) is 6.37. The number of carboxylic acids is 1. The predicted octanol–water partition coefficient (Wildman–Crippen LogP) is 5.49. The van der Waals surface area contributed by atoms with Crippen LogP contribution in [0.25, 0.3) is 0 Å². The first kappa shape index (κ1) is 20.9. The summed E-state index contributed by atoms with van der Waals surface area (Å²) in [6.45, 7) is 3.87. The molecular formula is C22H30O3. The third-order valence-corrected chi connectivity index (χ3v) is 4.03. The van der Waals surface area contributed by atoms with Gasteiger partial charge in [0.1, 0.15) is 0 Å². The second kappa shape index (κ2) is 12.3. The molecule has 0 heterocycles. The van der Waals surface area contributed by atoms with Crippen molar-refractivity contribution in [1.82, 2.24) is 0 Å². The molecule has 0 fully saturated rings. The molecule has 0 saturated carbocycles. The fraction of sp³-hybridized carbons (Fsp3) is 0.409. The summed E-state index contributed by atoms with van der Waals surface area (Å²) < 4.78 is 0. The SMILES string of the molecule is CC(O)CCC/C=C/C=C\C/C=C\CC(C)c1ccccc1C(=O)O. The Hall–Kier alpha value is -2.13. The molecule has 0 bridgehead atoms. The molecule has 1 aromatic rings. The molecule has 3 heteroatoms. The minimum absolute atomic E-state index is 0.182. The Kier molecular flexibility index (Phi) is 10.3. The molecule has 1 aromatic carbocycles. The number of hydrogen-bond donors (Lipinski definition) is 2. The molecule has 0 saturated heterocycles. The average Bonchev–Trinajstić information content (AvgIpc) is 2.59. The zero-order valence-corrected chi connectivity index (χ0v) is 15.3. The van der Waals surface area contributed by atoms with E-state index in [9.17, 15) is 9.90 Å². The molecule has 2 N–H and O–H groups in total. The first-order chi connectivity index (χ1) is 12.0. The number of unbranched alkanes of at least 4 members (excludes halogenated alkanes) is 1. The maximum atomic E-state index is 11.3. The number of allylic oxidation sites excluding steroid dienone is 6. The van der Waals surface area contributed by atoms with Crippen molar-refractivity contribution in [3.63, 3.8) is 0 Å². The molecule has 0 aromatic heterocycles. The smallest absolute Gasteiger partial charge is 0.335 e. The molecule has 0 aliphatic carbocycles. The van der Waals surface area contributed by atoms with E-state index in [0.717, 1.165) is 37.7 Å². The molecule has 1 rings (SSSR count). The number of aliphatic hydroxyl groups is 1. The largest absolute Gasteiger partial charge is 0.478 e. The summed E-state index contributed by atoms with van der Waals surface area (Å²) in [5.74, 6) is -0.684. The third kappa shape index (κ3) is 9.06. The van der Waals surface area contributed by atoms with Crippen molar-refractivity contribution in [2.24, 2.45) is 0 Å². The fourth-order valence-corrected chi connectivity index (χ4v) is 2.59. The lowest BCUT2D eigenvalue weighted by molar-refractivity contribution is 0.0695. The fourth-order valence-electron chi connectivity index (χ4n) is 2.59. The number of carboxylic acid groups (broad SMARTS) is 1. The summed E-state index contributed by atoms with van der Waals surface area (Å²) in [6.07, 6.45) is 16.8. The third-order valence-electron chi connectivity index (χ3n) is 4.03. The van der Waals surface area contributed by atoms with Crippen LogP contribution in [-0.2, 0) is 0 Å². The molecule has 3 nitrogen and oxygen atoms in total. The molecule has 25 heavy (non-hydrogen) atoms. The summed E-state index contributed by atoms with van der Waals surface area (Å²) in [4.78, 5) is 11.3. The molecule has 0 amide bonds. The van der Waals surface area contributed by atoms with Gasteiger partial charge >= 0.3 is 5.97 Å². The number of hydrogen-bond acceptors (Lipinski definition) is 2. The van der Waals surface area contributed by atoms with Crippen molar-refractivity contribution in [3.8, 4) is 0 Å². The Morgan fingerprint density at radius 3 is 2.52 bits per heavy atom. The van der Waals surface area contributed by atoms with Crippen LogP contribution in [0.2, 0.25) is 0 Å². The highest BCUT2D eigenvalue weighted by Crippen LogP contribution is 2.23. The van der Waals surface area contributed by atoms with Crippen molar-refractivity contribution in [2.75, 3.05) is 0 Å². The topological polar surface area (TPSA) is 57.5 Å². The van der Waals surface area contributed by atoms with Crippen LogP contribution in [0.3, 0.4) is 0 Å². The second-order valence-electron chi connectivity index (χ2n) is 6.37. The molecule has 136 valence electrons. The van der Waals surface area contributed by atoms with Crippen LogP contribution in [0.5, 0.6) is 0 Å². The molecule has 2 unspecified atom stereocenters. The maximum absolute atomic E-state index is 11.3. The standard InChI is InChI=1S/C22H30O3/c1-18(20-16-12-13-17-21(20)22(24)25)14-10-8-6-4-3-5-7-9-11-15-19(2)23/h3-5,7-8,10,12-13,16-19,23H,6,9,11,14-15H2,1-2H3,(H,24,25)/b4-3-,7-5+,10-8-. The van der Waals surface area contributed by atoms with E-state index < -0.39 is 5.97 Å². The van der Waals surface area contributed by atoms with Crippen LogP contribution in [0, 0.1) is 0 Å². The minimum Gasteiger partial charge on any atom is -0.478 e. The summed E-state index contributed by atoms with van der Waals surface area (Å²) in [6, 6.07) is 7.20. The number of rotatable bonds is 11. The van der Waals surface area contributed by atoms with Gasteiger partial charge in [-0.1, -0.05) is 61.6 Å². The predicted molar refractivity (Wildman–Crippen MR) is 104 cm³/mol. The first-order valence-corrected chi connectivity index (χ1v) is 8.99. The Morgan fingerprint density at radius 2 is 1.80 bits per heavy atom. The van der Waals surface area contributed by atoms with Gasteiger partial charge in [0.2, 0.25) is 0 Å². The van der Waals surface area contributed by atoms with E-state index in [-0.39, 0.29) is 12.0 Å². The summed E-state index contributed by atoms with van der Waals surface area (Å²) in [5.41, 5.74) is 1.28. The highest BCUT2D eigenvalue weighted by molar-refractivity contribution is 5.89. The maximum Gasteiger partial charge on any atom is 0.335 e. The lowest BCUT2D eigenvalue weighted by Crippen LogP contribution is -2.04. The van der Waals surface area contributed by atoms with Gasteiger partial charge in [0.05, 0.1) is 11.7 Å². The molecular weight excluding hydrogens is 312 g/mol. The molecule has 0 spiro atoms. The van der Waals surface area contributed by atoms with Crippen LogP contribution < -0.4 is 0 Å². The molecule has 0 radical (unpaired) electrons. The lowest BCUT2D eigenvalue weighted by Gasteiger charge is -2.12. The normalized spacial score (nSPS) is 14.5. The van der Waals surface area contributed by atoms with Gasteiger partial charge in [-0.05, 0) is 56.6 Å². The lowest BCUT2D eigenvalue weighted by atomic mass is 9.93. The van der Waals surface area contributed by atoms with Gasteiger partial charge in [0, 0.05) is 0 Å². The quantitative estimate of drug-likeness (QED) is 0.318. The van der Waals surface area contributed by atoms with E-state index in [1.165, 1.54) is 0 Å². The number of aromatic carboxylic acids is 1. The Balaban J connectivity index is 2.30. The van der Waals surface area contributed by atoms with Gasteiger partial charge in [-0.2, -0.15) is 0 Å².